The predicted molar refractivity (Wildman–Crippen MR) is 108 cm³/mol. The average Bonchev–Trinajstić information content (AvgIpc) is 3.17. The molecule has 3 rings (SSSR count). The molecule has 2 aliphatic rings. The second kappa shape index (κ2) is 9.74. The number of hydrogen-bond donors (Lipinski definition) is 2. The Labute approximate surface area is 162 Å². The van der Waals surface area contributed by atoms with Crippen molar-refractivity contribution >= 4 is 17.6 Å². The predicted octanol–water partition coefficient (Wildman–Crippen LogP) is 2.84. The molecule has 0 atom stereocenters. The van der Waals surface area contributed by atoms with Crippen LogP contribution in [0, 0.1) is 12.8 Å². The third-order valence-corrected chi connectivity index (χ3v) is 5.63. The minimum Gasteiger partial charge on any atom is -0.355 e. The van der Waals surface area contributed by atoms with Crippen molar-refractivity contribution in [3.05, 3.63) is 29.8 Å². The number of aryl methyl sites for hydroxylation is 1. The summed E-state index contributed by atoms with van der Waals surface area (Å²) in [5.41, 5.74) is 2.00. The van der Waals surface area contributed by atoms with Gasteiger partial charge in [-0.3, -0.25) is 4.79 Å². The summed E-state index contributed by atoms with van der Waals surface area (Å²) in [5.74, 6) is 0.525. The molecule has 6 nitrogen and oxygen atoms in total. The number of hydrogen-bond acceptors (Lipinski definition) is 3. The number of carbonyl (C=O) groups is 2. The largest absolute Gasteiger partial charge is 0.355 e. The fourth-order valence-electron chi connectivity index (χ4n) is 3.87. The molecular formula is C21H32N4O2. The number of piperidine rings is 1. The molecule has 0 saturated carbocycles. The lowest BCUT2D eigenvalue weighted by molar-refractivity contribution is -0.122. The summed E-state index contributed by atoms with van der Waals surface area (Å²) < 4.78 is 0. The van der Waals surface area contributed by atoms with E-state index in [2.05, 4.69) is 15.5 Å². The van der Waals surface area contributed by atoms with Crippen molar-refractivity contribution in [3.8, 4) is 0 Å². The number of benzene rings is 1. The fraction of sp³-hybridized carbons (Fsp3) is 0.619. The third kappa shape index (κ3) is 6.24. The fourth-order valence-corrected chi connectivity index (χ4v) is 3.87. The van der Waals surface area contributed by atoms with Crippen LogP contribution in [0.2, 0.25) is 0 Å². The van der Waals surface area contributed by atoms with Crippen molar-refractivity contribution in [1.82, 2.24) is 15.1 Å². The molecule has 2 aliphatic heterocycles. The molecule has 27 heavy (non-hydrogen) atoms. The van der Waals surface area contributed by atoms with E-state index in [1.54, 1.807) is 0 Å². The van der Waals surface area contributed by atoms with Crippen LogP contribution in [0.5, 0.6) is 0 Å². The topological polar surface area (TPSA) is 64.7 Å². The molecule has 2 saturated heterocycles. The van der Waals surface area contributed by atoms with Crippen molar-refractivity contribution in [3.63, 3.8) is 0 Å². The highest BCUT2D eigenvalue weighted by molar-refractivity contribution is 5.89. The lowest BCUT2D eigenvalue weighted by Gasteiger charge is -2.31. The van der Waals surface area contributed by atoms with Gasteiger partial charge >= 0.3 is 6.03 Å². The number of amides is 3. The van der Waals surface area contributed by atoms with E-state index in [1.807, 2.05) is 36.1 Å². The molecule has 0 radical (unpaired) electrons. The van der Waals surface area contributed by atoms with E-state index in [9.17, 15) is 9.59 Å². The first kappa shape index (κ1) is 19.7. The number of carbonyl (C=O) groups excluding carboxylic acids is 2. The van der Waals surface area contributed by atoms with Crippen molar-refractivity contribution in [1.29, 1.82) is 0 Å². The van der Waals surface area contributed by atoms with Gasteiger partial charge in [0, 0.05) is 38.3 Å². The number of likely N-dealkylation sites (tertiary alicyclic amines) is 2. The molecule has 148 valence electrons. The molecule has 2 heterocycles. The molecule has 0 bridgehead atoms. The molecule has 6 heteroatoms. The van der Waals surface area contributed by atoms with E-state index >= 15 is 0 Å². The third-order valence-electron chi connectivity index (χ3n) is 5.63. The average molecular weight is 373 g/mol. The Hall–Kier alpha value is -2.08. The lowest BCUT2D eigenvalue weighted by Crippen LogP contribution is -2.42. The Bertz CT molecular complexity index is 618. The number of urea groups is 1. The van der Waals surface area contributed by atoms with E-state index in [1.165, 1.54) is 31.5 Å². The zero-order valence-electron chi connectivity index (χ0n) is 16.4. The molecule has 0 aromatic heterocycles. The van der Waals surface area contributed by atoms with Gasteiger partial charge in [0.15, 0.2) is 0 Å². The van der Waals surface area contributed by atoms with E-state index in [0.717, 1.165) is 31.6 Å². The van der Waals surface area contributed by atoms with Gasteiger partial charge in [0.2, 0.25) is 5.91 Å². The van der Waals surface area contributed by atoms with Gasteiger partial charge in [0.1, 0.15) is 0 Å². The summed E-state index contributed by atoms with van der Waals surface area (Å²) in [7, 11) is 0. The summed E-state index contributed by atoms with van der Waals surface area (Å²) in [6.07, 6.45) is 4.92. The standard InChI is InChI=1S/C21H32N4O2/c1-17-4-6-19(7-5-17)23-21(27)25-13-8-18(9-14-25)16-20(26)22-10-15-24-11-2-3-12-24/h4-7,18H,2-3,8-16H2,1H3,(H,22,26)(H,23,27). The normalized spacial score (nSPS) is 18.5. The molecule has 2 fully saturated rings. The zero-order valence-corrected chi connectivity index (χ0v) is 16.4. The Morgan fingerprint density at radius 2 is 1.70 bits per heavy atom. The minimum absolute atomic E-state index is 0.0487. The number of anilines is 1. The van der Waals surface area contributed by atoms with Crippen LogP contribution >= 0.6 is 0 Å². The molecule has 3 amide bonds. The first-order chi connectivity index (χ1) is 13.1. The van der Waals surface area contributed by atoms with Crippen LogP contribution in [0.4, 0.5) is 10.5 Å². The van der Waals surface area contributed by atoms with Gasteiger partial charge in [-0.25, -0.2) is 4.79 Å². The SMILES string of the molecule is Cc1ccc(NC(=O)N2CCC(CC(=O)NCCN3CCCC3)CC2)cc1. The van der Waals surface area contributed by atoms with Crippen LogP contribution in [0.1, 0.15) is 37.7 Å². The smallest absolute Gasteiger partial charge is 0.321 e. The number of nitrogens with zero attached hydrogens (tertiary/aromatic N) is 2. The lowest BCUT2D eigenvalue weighted by atomic mass is 9.93. The van der Waals surface area contributed by atoms with Crippen LogP contribution in [-0.4, -0.2) is 61.0 Å². The Kier molecular flexibility index (Phi) is 7.10. The highest BCUT2D eigenvalue weighted by Gasteiger charge is 2.24. The quantitative estimate of drug-likeness (QED) is 0.807. The van der Waals surface area contributed by atoms with Gasteiger partial charge in [0.25, 0.3) is 0 Å². The first-order valence-electron chi connectivity index (χ1n) is 10.2. The number of rotatable bonds is 6. The Morgan fingerprint density at radius 3 is 2.37 bits per heavy atom. The Morgan fingerprint density at radius 1 is 1.04 bits per heavy atom. The monoisotopic (exact) mass is 372 g/mol. The van der Waals surface area contributed by atoms with Crippen LogP contribution < -0.4 is 10.6 Å². The van der Waals surface area contributed by atoms with Crippen LogP contribution in [0.15, 0.2) is 24.3 Å². The summed E-state index contributed by atoms with van der Waals surface area (Å²) in [6, 6.07) is 7.78. The van der Waals surface area contributed by atoms with Crippen molar-refractivity contribution < 1.29 is 9.59 Å². The molecule has 0 aliphatic carbocycles. The van der Waals surface area contributed by atoms with Crippen molar-refractivity contribution in [2.45, 2.75) is 39.0 Å². The van der Waals surface area contributed by atoms with Crippen molar-refractivity contribution in [2.75, 3.05) is 44.6 Å². The molecule has 0 spiro atoms. The maximum Gasteiger partial charge on any atom is 0.321 e. The van der Waals surface area contributed by atoms with Crippen molar-refractivity contribution in [2.24, 2.45) is 5.92 Å². The first-order valence-corrected chi connectivity index (χ1v) is 10.2. The summed E-state index contributed by atoms with van der Waals surface area (Å²) in [5, 5.41) is 6.01. The number of nitrogens with one attached hydrogen (secondary N) is 2. The summed E-state index contributed by atoms with van der Waals surface area (Å²) >= 11 is 0. The highest BCUT2D eigenvalue weighted by atomic mass is 16.2. The molecule has 1 aromatic carbocycles. The molecule has 0 unspecified atom stereocenters. The van der Waals surface area contributed by atoms with E-state index in [-0.39, 0.29) is 11.9 Å². The van der Waals surface area contributed by atoms with Crippen LogP contribution in [0.3, 0.4) is 0 Å². The maximum absolute atomic E-state index is 12.4. The van der Waals surface area contributed by atoms with Gasteiger partial charge in [-0.15, -0.1) is 0 Å². The second-order valence-electron chi connectivity index (χ2n) is 7.83. The molecule has 2 N–H and O–H groups in total. The highest BCUT2D eigenvalue weighted by Crippen LogP contribution is 2.21. The van der Waals surface area contributed by atoms with Gasteiger partial charge in [-0.05, 0) is 63.7 Å². The minimum atomic E-state index is -0.0487. The second-order valence-corrected chi connectivity index (χ2v) is 7.83. The van der Waals surface area contributed by atoms with Crippen LogP contribution in [-0.2, 0) is 4.79 Å². The van der Waals surface area contributed by atoms with Gasteiger partial charge in [-0.2, -0.15) is 0 Å². The molecular weight excluding hydrogens is 340 g/mol. The Balaban J connectivity index is 1.32. The zero-order chi connectivity index (χ0) is 19.1. The van der Waals surface area contributed by atoms with E-state index in [0.29, 0.717) is 25.4 Å². The summed E-state index contributed by atoms with van der Waals surface area (Å²) in [4.78, 5) is 28.8. The van der Waals surface area contributed by atoms with E-state index in [4.69, 9.17) is 0 Å². The van der Waals surface area contributed by atoms with E-state index < -0.39 is 0 Å². The van der Waals surface area contributed by atoms with Gasteiger partial charge in [-0.1, -0.05) is 17.7 Å². The molecule has 1 aromatic rings. The summed E-state index contributed by atoms with van der Waals surface area (Å²) in [6.45, 7) is 7.49. The maximum atomic E-state index is 12.4. The van der Waals surface area contributed by atoms with Gasteiger partial charge < -0.3 is 20.4 Å². The van der Waals surface area contributed by atoms with Gasteiger partial charge in [0.05, 0.1) is 0 Å². The van der Waals surface area contributed by atoms with Crippen LogP contribution in [0.25, 0.3) is 0 Å².